The van der Waals surface area contributed by atoms with Gasteiger partial charge in [0.15, 0.2) is 0 Å². The lowest BCUT2D eigenvalue weighted by atomic mass is 10.2. The SMILES string of the molecule is O=Cc1ccc(OCCOCCOCCOCCOCCOCCOCCOCCOCCOCCOCCOCc2ccccc2)cc1. The molecule has 0 unspecified atom stereocenters. The number of ether oxygens (including phenoxy) is 12. The summed E-state index contributed by atoms with van der Waals surface area (Å²) in [4.78, 5) is 10.6. The van der Waals surface area contributed by atoms with E-state index in [4.69, 9.17) is 56.8 Å². The number of hydrogen-bond acceptors (Lipinski definition) is 13. The predicted molar refractivity (Wildman–Crippen MR) is 182 cm³/mol. The molecule has 0 amide bonds. The van der Waals surface area contributed by atoms with Gasteiger partial charge >= 0.3 is 0 Å². The van der Waals surface area contributed by atoms with E-state index in [1.54, 1.807) is 24.3 Å². The fourth-order valence-corrected chi connectivity index (χ4v) is 3.82. The topological polar surface area (TPSA) is 128 Å². The molecule has 0 fully saturated rings. The highest BCUT2D eigenvalue weighted by Gasteiger charge is 1.98. The summed E-state index contributed by atoms with van der Waals surface area (Å²) < 4.78 is 65.9. The molecule has 0 bridgehead atoms. The van der Waals surface area contributed by atoms with Crippen molar-refractivity contribution in [3.8, 4) is 5.75 Å². The summed E-state index contributed by atoms with van der Waals surface area (Å²) in [6, 6.07) is 17.0. The average Bonchev–Trinajstić information content (AvgIpc) is 3.14. The summed E-state index contributed by atoms with van der Waals surface area (Å²) in [6.07, 6.45) is 0.798. The van der Waals surface area contributed by atoms with E-state index in [0.29, 0.717) is 163 Å². The number of aldehydes is 1. The molecule has 278 valence electrons. The summed E-state index contributed by atoms with van der Waals surface area (Å²) in [5, 5.41) is 0. The lowest BCUT2D eigenvalue weighted by Gasteiger charge is -2.09. The van der Waals surface area contributed by atoms with Crippen LogP contribution in [0.4, 0.5) is 0 Å². The third-order valence-electron chi connectivity index (χ3n) is 6.34. The molecule has 0 aromatic heterocycles. The van der Waals surface area contributed by atoms with Crippen LogP contribution in [0.3, 0.4) is 0 Å². The Kier molecular flexibility index (Phi) is 29.5. The zero-order chi connectivity index (χ0) is 34.6. The van der Waals surface area contributed by atoms with Gasteiger partial charge in [-0.25, -0.2) is 0 Å². The first-order chi connectivity index (χ1) is 24.4. The van der Waals surface area contributed by atoms with Gasteiger partial charge in [-0.3, -0.25) is 4.79 Å². The molecular formula is C36H56O13. The Balaban J connectivity index is 1.14. The van der Waals surface area contributed by atoms with Gasteiger partial charge in [-0.1, -0.05) is 30.3 Å². The van der Waals surface area contributed by atoms with Crippen molar-refractivity contribution in [3.05, 3.63) is 65.7 Å². The Labute approximate surface area is 291 Å². The van der Waals surface area contributed by atoms with Crippen molar-refractivity contribution in [2.45, 2.75) is 6.61 Å². The second kappa shape index (κ2) is 33.9. The van der Waals surface area contributed by atoms with E-state index in [-0.39, 0.29) is 0 Å². The Morgan fingerprint density at radius 2 is 0.653 bits per heavy atom. The van der Waals surface area contributed by atoms with E-state index in [1.807, 2.05) is 30.3 Å². The van der Waals surface area contributed by atoms with Gasteiger partial charge in [0.25, 0.3) is 0 Å². The maximum Gasteiger partial charge on any atom is 0.150 e. The first-order valence-electron chi connectivity index (χ1n) is 17.0. The summed E-state index contributed by atoms with van der Waals surface area (Å²) in [5.41, 5.74) is 1.77. The van der Waals surface area contributed by atoms with Gasteiger partial charge in [-0.2, -0.15) is 0 Å². The molecule has 0 saturated heterocycles. The molecule has 0 heterocycles. The molecule has 13 heteroatoms. The maximum atomic E-state index is 10.6. The molecule has 0 saturated carbocycles. The van der Waals surface area contributed by atoms with E-state index in [1.165, 1.54) is 0 Å². The van der Waals surface area contributed by atoms with Gasteiger partial charge in [-0.05, 0) is 29.8 Å². The van der Waals surface area contributed by atoms with Gasteiger partial charge in [0, 0.05) is 5.56 Å². The Morgan fingerprint density at radius 3 is 0.980 bits per heavy atom. The number of benzene rings is 2. The van der Waals surface area contributed by atoms with Crippen LogP contribution < -0.4 is 4.74 Å². The van der Waals surface area contributed by atoms with Crippen LogP contribution in [0.25, 0.3) is 0 Å². The van der Waals surface area contributed by atoms with Crippen LogP contribution in [0.5, 0.6) is 5.75 Å². The number of hydrogen-bond donors (Lipinski definition) is 0. The van der Waals surface area contributed by atoms with Crippen LogP contribution in [-0.2, 0) is 58.7 Å². The summed E-state index contributed by atoms with van der Waals surface area (Å²) in [5.74, 6) is 0.704. The zero-order valence-corrected chi connectivity index (χ0v) is 28.8. The normalized spacial score (nSPS) is 11.3. The average molecular weight is 697 g/mol. The quantitative estimate of drug-likeness (QED) is 0.0759. The van der Waals surface area contributed by atoms with E-state index in [9.17, 15) is 4.79 Å². The second-order valence-electron chi connectivity index (χ2n) is 10.2. The third-order valence-corrected chi connectivity index (χ3v) is 6.34. The zero-order valence-electron chi connectivity index (χ0n) is 28.8. The standard InChI is InChI=1S/C36H56O13/c37-32-34-6-8-36(9-7-34)49-31-30-47-27-26-45-23-22-43-19-18-41-15-14-39-11-10-38-12-13-40-16-17-42-20-21-44-24-25-46-28-29-48-33-35-4-2-1-3-5-35/h1-9,32H,10-31,33H2. The fourth-order valence-electron chi connectivity index (χ4n) is 3.82. The van der Waals surface area contributed by atoms with Crippen LogP contribution in [0, 0.1) is 0 Å². The van der Waals surface area contributed by atoms with Crippen molar-refractivity contribution < 1.29 is 61.6 Å². The minimum atomic E-state index is 0.430. The molecule has 0 aliphatic heterocycles. The fraction of sp³-hybridized carbons (Fsp3) is 0.639. The van der Waals surface area contributed by atoms with Crippen molar-refractivity contribution in [1.29, 1.82) is 0 Å². The molecular weight excluding hydrogens is 640 g/mol. The maximum absolute atomic E-state index is 10.6. The smallest absolute Gasteiger partial charge is 0.150 e. The molecule has 0 spiro atoms. The Bertz CT molecular complexity index is 965. The first-order valence-corrected chi connectivity index (χ1v) is 17.0. The van der Waals surface area contributed by atoms with Crippen molar-refractivity contribution in [3.63, 3.8) is 0 Å². The minimum absolute atomic E-state index is 0.430. The van der Waals surface area contributed by atoms with Gasteiger partial charge in [0.1, 0.15) is 18.6 Å². The monoisotopic (exact) mass is 696 g/mol. The Hall–Kier alpha value is -2.53. The second-order valence-corrected chi connectivity index (χ2v) is 10.2. The number of carbonyl (C=O) groups excluding carboxylic acids is 1. The van der Waals surface area contributed by atoms with E-state index in [2.05, 4.69) is 0 Å². The minimum Gasteiger partial charge on any atom is -0.491 e. The van der Waals surface area contributed by atoms with Gasteiger partial charge in [-0.15, -0.1) is 0 Å². The van der Waals surface area contributed by atoms with Gasteiger partial charge in [0.2, 0.25) is 0 Å². The molecule has 49 heavy (non-hydrogen) atoms. The van der Waals surface area contributed by atoms with Gasteiger partial charge < -0.3 is 56.8 Å². The van der Waals surface area contributed by atoms with Crippen LogP contribution in [0.2, 0.25) is 0 Å². The van der Waals surface area contributed by atoms with E-state index < -0.39 is 0 Å². The molecule has 0 atom stereocenters. The predicted octanol–water partition coefficient (Wildman–Crippen LogP) is 3.26. The van der Waals surface area contributed by atoms with Crippen LogP contribution in [0.1, 0.15) is 15.9 Å². The molecule has 2 aromatic rings. The highest BCUT2D eigenvalue weighted by molar-refractivity contribution is 5.74. The summed E-state index contributed by atoms with van der Waals surface area (Å²) in [7, 11) is 0. The molecule has 13 nitrogen and oxygen atoms in total. The van der Waals surface area contributed by atoms with Crippen LogP contribution in [-0.4, -0.2) is 152 Å². The number of rotatable bonds is 37. The van der Waals surface area contributed by atoms with E-state index in [0.717, 1.165) is 11.8 Å². The molecule has 0 radical (unpaired) electrons. The number of carbonyl (C=O) groups is 1. The van der Waals surface area contributed by atoms with Crippen molar-refractivity contribution in [1.82, 2.24) is 0 Å². The molecule has 2 rings (SSSR count). The van der Waals surface area contributed by atoms with Crippen LogP contribution in [0.15, 0.2) is 54.6 Å². The first kappa shape index (κ1) is 42.6. The summed E-state index contributed by atoms with van der Waals surface area (Å²) >= 11 is 0. The summed E-state index contributed by atoms with van der Waals surface area (Å²) in [6.45, 7) is 11.7. The Morgan fingerprint density at radius 1 is 0.347 bits per heavy atom. The molecule has 0 aliphatic carbocycles. The van der Waals surface area contributed by atoms with Crippen molar-refractivity contribution in [2.75, 3.05) is 145 Å². The molecule has 2 aromatic carbocycles. The van der Waals surface area contributed by atoms with Gasteiger partial charge in [0.05, 0.1) is 145 Å². The largest absolute Gasteiger partial charge is 0.491 e. The van der Waals surface area contributed by atoms with Crippen molar-refractivity contribution in [2.24, 2.45) is 0 Å². The molecule has 0 aliphatic rings. The highest BCUT2D eigenvalue weighted by atomic mass is 16.6. The van der Waals surface area contributed by atoms with Crippen LogP contribution >= 0.6 is 0 Å². The van der Waals surface area contributed by atoms with E-state index >= 15 is 0 Å². The molecule has 0 N–H and O–H groups in total. The van der Waals surface area contributed by atoms with Crippen molar-refractivity contribution >= 4 is 6.29 Å². The third kappa shape index (κ3) is 27.9. The highest BCUT2D eigenvalue weighted by Crippen LogP contribution is 2.10. The lowest BCUT2D eigenvalue weighted by Crippen LogP contribution is -2.15. The lowest BCUT2D eigenvalue weighted by molar-refractivity contribution is -0.0279.